The molecule has 0 atom stereocenters. The third-order valence-electron chi connectivity index (χ3n) is 6.75. The van der Waals surface area contributed by atoms with Gasteiger partial charge in [-0.05, 0) is 88.7 Å². The first kappa shape index (κ1) is 22.2. The zero-order valence-electron chi connectivity index (χ0n) is 19.4. The van der Waals surface area contributed by atoms with Gasteiger partial charge in [0, 0.05) is 30.7 Å². The minimum absolute atomic E-state index is 0.0564. The molecule has 1 saturated carbocycles. The molecule has 0 radical (unpaired) electrons. The van der Waals surface area contributed by atoms with Gasteiger partial charge in [0.05, 0.1) is 28.5 Å². The maximum Gasteiger partial charge on any atom is 0.227 e. The van der Waals surface area contributed by atoms with E-state index in [1.165, 1.54) is 11.1 Å². The van der Waals surface area contributed by atoms with Crippen LogP contribution in [0.25, 0.3) is 10.9 Å². The average Bonchev–Trinajstić information content (AvgIpc) is 3.52. The maximum absolute atomic E-state index is 8.83. The first-order chi connectivity index (χ1) is 15.4. The topological polar surface area (TPSA) is 103 Å². The van der Waals surface area contributed by atoms with Crippen LogP contribution >= 0.6 is 0 Å². The normalized spacial score (nSPS) is 19.7. The molecule has 1 aliphatic carbocycles. The van der Waals surface area contributed by atoms with Gasteiger partial charge in [0.1, 0.15) is 0 Å². The van der Waals surface area contributed by atoms with E-state index in [-0.39, 0.29) is 5.54 Å². The Morgan fingerprint density at radius 1 is 1.38 bits per heavy atom. The van der Waals surface area contributed by atoms with Crippen molar-refractivity contribution in [1.82, 2.24) is 14.9 Å². The molecule has 32 heavy (non-hydrogen) atoms. The molecule has 1 saturated heterocycles. The number of allylic oxidation sites excluding steroid dienone is 1. The van der Waals surface area contributed by atoms with Gasteiger partial charge in [-0.1, -0.05) is 0 Å². The van der Waals surface area contributed by atoms with Crippen molar-refractivity contribution in [3.05, 3.63) is 41.4 Å². The number of aryl methyl sites for hydroxylation is 1. The van der Waals surface area contributed by atoms with Crippen molar-refractivity contribution in [2.45, 2.75) is 64.3 Å². The quantitative estimate of drug-likeness (QED) is 0.635. The first-order valence-electron chi connectivity index (χ1n) is 11.5. The highest BCUT2D eigenvalue weighted by atomic mass is 15.1. The summed E-state index contributed by atoms with van der Waals surface area (Å²) in [5, 5.41) is 13.1. The Morgan fingerprint density at radius 3 is 2.78 bits per heavy atom. The fraction of sp³-hybridized carbons (Fsp3) is 0.520. The number of aromatic nitrogens is 2. The van der Waals surface area contributed by atoms with Gasteiger partial charge < -0.3 is 16.0 Å². The summed E-state index contributed by atoms with van der Waals surface area (Å²) in [5.41, 5.74) is 11.2. The van der Waals surface area contributed by atoms with Crippen LogP contribution in [0.5, 0.6) is 0 Å². The van der Waals surface area contributed by atoms with Gasteiger partial charge in [-0.3, -0.25) is 4.99 Å². The highest BCUT2D eigenvalue weighted by Gasteiger charge is 2.37. The number of nitriles is 1. The van der Waals surface area contributed by atoms with Crippen LogP contribution in [0.2, 0.25) is 0 Å². The van der Waals surface area contributed by atoms with Crippen LogP contribution in [0.15, 0.2) is 35.2 Å². The summed E-state index contributed by atoms with van der Waals surface area (Å²) in [6.45, 7) is 9.28. The van der Waals surface area contributed by atoms with Gasteiger partial charge in [-0.2, -0.15) is 5.26 Å². The monoisotopic (exact) mass is 431 g/mol. The largest absolute Gasteiger partial charge is 0.403 e. The number of hydrogen-bond acceptors (Lipinski definition) is 7. The zero-order chi connectivity index (χ0) is 22.7. The molecule has 168 valence electrons. The smallest absolute Gasteiger partial charge is 0.227 e. The van der Waals surface area contributed by atoms with Gasteiger partial charge >= 0.3 is 0 Å². The predicted octanol–water partition coefficient (Wildman–Crippen LogP) is 4.26. The van der Waals surface area contributed by atoms with E-state index in [0.29, 0.717) is 18.3 Å². The fourth-order valence-corrected chi connectivity index (χ4v) is 4.52. The highest BCUT2D eigenvalue weighted by Crippen LogP contribution is 2.39. The number of nitrogens with one attached hydrogen (secondary N) is 1. The molecule has 0 amide bonds. The fourth-order valence-electron chi connectivity index (χ4n) is 4.52. The molecule has 3 N–H and O–H groups in total. The lowest BCUT2D eigenvalue weighted by atomic mass is 9.86. The minimum atomic E-state index is 0.0564. The molecule has 1 aromatic heterocycles. The SMILES string of the molecule is CC(=NC1(C)CC1)C(=CN)Nc1ncc2cc(C)c(C3CCN(CCC#N)CC3)cc2n1. The number of nitrogens with two attached hydrogens (primary N) is 1. The number of benzene rings is 1. The zero-order valence-corrected chi connectivity index (χ0v) is 19.4. The van der Waals surface area contributed by atoms with E-state index in [9.17, 15) is 0 Å². The molecular formula is C25H33N7. The first-order valence-corrected chi connectivity index (χ1v) is 11.5. The lowest BCUT2D eigenvalue weighted by Crippen LogP contribution is -2.33. The molecule has 0 spiro atoms. The molecule has 1 aromatic carbocycles. The number of rotatable bonds is 7. The van der Waals surface area contributed by atoms with Crippen molar-refractivity contribution < 1.29 is 0 Å². The molecule has 2 heterocycles. The van der Waals surface area contributed by atoms with E-state index < -0.39 is 0 Å². The molecule has 7 heteroatoms. The van der Waals surface area contributed by atoms with Crippen LogP contribution in [0.3, 0.4) is 0 Å². The van der Waals surface area contributed by atoms with Crippen LogP contribution in [-0.4, -0.2) is 45.8 Å². The number of nitrogens with zero attached hydrogens (tertiary/aromatic N) is 5. The third kappa shape index (κ3) is 5.08. The summed E-state index contributed by atoms with van der Waals surface area (Å²) in [6, 6.07) is 6.67. The van der Waals surface area contributed by atoms with Crippen LogP contribution in [0, 0.1) is 18.3 Å². The Hall–Kier alpha value is -2.98. The second-order valence-electron chi connectivity index (χ2n) is 9.38. The van der Waals surface area contributed by atoms with E-state index in [0.717, 1.165) is 67.6 Å². The van der Waals surface area contributed by atoms with Gasteiger partial charge in [0.25, 0.3) is 0 Å². The molecule has 4 rings (SSSR count). The van der Waals surface area contributed by atoms with Crippen molar-refractivity contribution in [2.75, 3.05) is 25.0 Å². The Kier molecular flexibility index (Phi) is 6.43. The van der Waals surface area contributed by atoms with Crippen molar-refractivity contribution in [3.63, 3.8) is 0 Å². The molecule has 0 bridgehead atoms. The third-order valence-corrected chi connectivity index (χ3v) is 6.75. The number of aliphatic imine (C=N–C) groups is 1. The van der Waals surface area contributed by atoms with Crippen molar-refractivity contribution >= 4 is 22.6 Å². The number of piperidine rings is 1. The highest BCUT2D eigenvalue weighted by molar-refractivity contribution is 6.00. The minimum Gasteiger partial charge on any atom is -0.403 e. The van der Waals surface area contributed by atoms with E-state index in [1.54, 1.807) is 6.20 Å². The average molecular weight is 432 g/mol. The van der Waals surface area contributed by atoms with Gasteiger partial charge in [-0.25, -0.2) is 9.97 Å². The lowest BCUT2D eigenvalue weighted by Gasteiger charge is -2.32. The molecule has 1 aliphatic heterocycles. The second kappa shape index (κ2) is 9.25. The summed E-state index contributed by atoms with van der Waals surface area (Å²) >= 11 is 0. The van der Waals surface area contributed by atoms with Crippen LogP contribution in [0.4, 0.5) is 5.95 Å². The second-order valence-corrected chi connectivity index (χ2v) is 9.38. The summed E-state index contributed by atoms with van der Waals surface area (Å²) in [4.78, 5) is 16.5. The molecule has 0 unspecified atom stereocenters. The molecule has 2 fully saturated rings. The lowest BCUT2D eigenvalue weighted by molar-refractivity contribution is 0.216. The van der Waals surface area contributed by atoms with E-state index >= 15 is 0 Å². The van der Waals surface area contributed by atoms with E-state index in [4.69, 9.17) is 21.0 Å². The molecular weight excluding hydrogens is 398 g/mol. The Morgan fingerprint density at radius 2 is 2.12 bits per heavy atom. The Labute approximate surface area is 190 Å². The van der Waals surface area contributed by atoms with Crippen LogP contribution < -0.4 is 11.1 Å². The standard InChI is InChI=1S/C25H33N7/c1-17-13-20-16-28-24(30-23(15-27)18(2)31-25(3)7-8-25)29-22(20)14-21(17)19-5-11-32(12-6-19)10-4-9-26/h13-16,19H,4-8,10-12,27H2,1-3H3,(H,28,29,30). The molecule has 7 nitrogen and oxygen atoms in total. The summed E-state index contributed by atoms with van der Waals surface area (Å²) in [7, 11) is 0. The van der Waals surface area contributed by atoms with Crippen LogP contribution in [-0.2, 0) is 0 Å². The number of hydrogen-bond donors (Lipinski definition) is 2. The summed E-state index contributed by atoms with van der Waals surface area (Å²) in [6.07, 6.45) is 8.48. The van der Waals surface area contributed by atoms with Crippen molar-refractivity contribution in [2.24, 2.45) is 10.7 Å². The van der Waals surface area contributed by atoms with Crippen molar-refractivity contribution in [3.8, 4) is 6.07 Å². The Balaban J connectivity index is 1.52. The summed E-state index contributed by atoms with van der Waals surface area (Å²) in [5.74, 6) is 1.06. The van der Waals surface area contributed by atoms with Gasteiger partial charge in [-0.15, -0.1) is 0 Å². The Bertz CT molecular complexity index is 1080. The van der Waals surface area contributed by atoms with Gasteiger partial charge in [0.2, 0.25) is 5.95 Å². The number of fused-ring (bicyclic) bond motifs is 1. The number of anilines is 1. The molecule has 2 aromatic rings. The van der Waals surface area contributed by atoms with E-state index in [1.807, 2.05) is 13.1 Å². The number of likely N-dealkylation sites (tertiary alicyclic amines) is 1. The summed E-state index contributed by atoms with van der Waals surface area (Å²) < 4.78 is 0. The van der Waals surface area contributed by atoms with Crippen LogP contribution in [0.1, 0.15) is 63.0 Å². The predicted molar refractivity (Wildman–Crippen MR) is 130 cm³/mol. The van der Waals surface area contributed by atoms with Crippen molar-refractivity contribution in [1.29, 1.82) is 5.26 Å². The van der Waals surface area contributed by atoms with Gasteiger partial charge in [0.15, 0.2) is 0 Å². The van der Waals surface area contributed by atoms with E-state index in [2.05, 4.69) is 47.3 Å². The molecule has 2 aliphatic rings. The maximum atomic E-state index is 8.83.